The van der Waals surface area contributed by atoms with Crippen LogP contribution in [-0.4, -0.2) is 45.8 Å². The van der Waals surface area contributed by atoms with E-state index in [1.165, 1.54) is 12.8 Å². The molecule has 5 heteroatoms. The van der Waals surface area contributed by atoms with Crippen LogP contribution < -0.4 is 5.32 Å². The smallest absolute Gasteiger partial charge is 0.270 e. The zero-order valence-corrected chi connectivity index (χ0v) is 16.3. The number of para-hydroxylation sites is 1. The van der Waals surface area contributed by atoms with Gasteiger partial charge in [0.05, 0.1) is 11.4 Å². The molecule has 3 rings (SSSR count). The Hall–Kier alpha value is -2.14. The minimum absolute atomic E-state index is 0.0549. The van der Waals surface area contributed by atoms with Crippen molar-refractivity contribution < 1.29 is 4.79 Å². The van der Waals surface area contributed by atoms with Crippen LogP contribution in [0.2, 0.25) is 0 Å². The van der Waals surface area contributed by atoms with E-state index in [0.29, 0.717) is 30.2 Å². The first kappa shape index (κ1) is 18.6. The van der Waals surface area contributed by atoms with Gasteiger partial charge in [0.2, 0.25) is 0 Å². The highest BCUT2D eigenvalue weighted by Gasteiger charge is 2.29. The zero-order chi connectivity index (χ0) is 18.7. The molecule has 0 radical (unpaired) electrons. The van der Waals surface area contributed by atoms with Gasteiger partial charge in [0.25, 0.3) is 5.91 Å². The van der Waals surface area contributed by atoms with Gasteiger partial charge in [0.1, 0.15) is 5.69 Å². The van der Waals surface area contributed by atoms with Gasteiger partial charge in [0.15, 0.2) is 0 Å². The van der Waals surface area contributed by atoms with Crippen LogP contribution in [0.5, 0.6) is 0 Å². The molecule has 0 atom stereocenters. The second-order valence-corrected chi connectivity index (χ2v) is 7.66. The summed E-state index contributed by atoms with van der Waals surface area (Å²) in [5.41, 5.74) is 2.58. The third-order valence-electron chi connectivity index (χ3n) is 4.94. The SMILES string of the molecule is CC(C)N(CCNC(=O)c1cc(C2CC2)nn1-c1ccccc1)C(C)C. The first-order chi connectivity index (χ1) is 12.5. The Balaban J connectivity index is 1.72. The van der Waals surface area contributed by atoms with Crippen molar-refractivity contribution in [3.63, 3.8) is 0 Å². The summed E-state index contributed by atoms with van der Waals surface area (Å²) in [4.78, 5) is 15.2. The van der Waals surface area contributed by atoms with Gasteiger partial charge in [-0.15, -0.1) is 0 Å². The quantitative estimate of drug-likeness (QED) is 0.788. The predicted molar refractivity (Wildman–Crippen MR) is 105 cm³/mol. The Morgan fingerprint density at radius 2 is 1.85 bits per heavy atom. The molecule has 140 valence electrons. The molecule has 0 bridgehead atoms. The topological polar surface area (TPSA) is 50.2 Å². The van der Waals surface area contributed by atoms with E-state index in [-0.39, 0.29) is 5.91 Å². The average Bonchev–Trinajstić information content (AvgIpc) is 3.37. The van der Waals surface area contributed by atoms with Crippen LogP contribution in [0, 0.1) is 0 Å². The van der Waals surface area contributed by atoms with Crippen LogP contribution in [-0.2, 0) is 0 Å². The van der Waals surface area contributed by atoms with Gasteiger partial charge in [-0.25, -0.2) is 4.68 Å². The number of hydrogen-bond acceptors (Lipinski definition) is 3. The Bertz CT molecular complexity index is 724. The summed E-state index contributed by atoms with van der Waals surface area (Å²) in [7, 11) is 0. The molecule has 1 fully saturated rings. The molecule has 1 N–H and O–H groups in total. The van der Waals surface area contributed by atoms with Crippen LogP contribution >= 0.6 is 0 Å². The molecule has 1 amide bonds. The van der Waals surface area contributed by atoms with Crippen LogP contribution in [0.1, 0.15) is 62.6 Å². The van der Waals surface area contributed by atoms with E-state index in [2.05, 4.69) is 37.9 Å². The van der Waals surface area contributed by atoms with E-state index in [1.807, 2.05) is 36.4 Å². The Kier molecular flexibility index (Phi) is 5.77. The van der Waals surface area contributed by atoms with E-state index < -0.39 is 0 Å². The first-order valence-corrected chi connectivity index (χ1v) is 9.66. The summed E-state index contributed by atoms with van der Waals surface area (Å²) in [6.45, 7) is 10.2. The van der Waals surface area contributed by atoms with Crippen LogP contribution in [0.3, 0.4) is 0 Å². The summed E-state index contributed by atoms with van der Waals surface area (Å²) < 4.78 is 1.78. The maximum atomic E-state index is 12.8. The normalized spacial score (nSPS) is 14.4. The number of carbonyl (C=O) groups excluding carboxylic acids is 1. The predicted octanol–water partition coefficient (Wildman–Crippen LogP) is 3.60. The number of hydrogen-bond donors (Lipinski definition) is 1. The molecule has 0 aliphatic heterocycles. The Morgan fingerprint density at radius 1 is 1.19 bits per heavy atom. The average molecular weight is 354 g/mol. The molecule has 1 aromatic heterocycles. The van der Waals surface area contributed by atoms with Crippen LogP contribution in [0.25, 0.3) is 5.69 Å². The molecule has 0 unspecified atom stereocenters. The minimum Gasteiger partial charge on any atom is -0.349 e. The van der Waals surface area contributed by atoms with Gasteiger partial charge in [-0.3, -0.25) is 9.69 Å². The molecule has 1 aliphatic carbocycles. The van der Waals surface area contributed by atoms with Crippen molar-refractivity contribution >= 4 is 5.91 Å². The van der Waals surface area contributed by atoms with Crippen molar-refractivity contribution in [2.45, 2.75) is 58.5 Å². The molecule has 0 saturated heterocycles. The highest BCUT2D eigenvalue weighted by Crippen LogP contribution is 2.39. The van der Waals surface area contributed by atoms with Gasteiger partial charge in [0, 0.05) is 31.1 Å². The number of aromatic nitrogens is 2. The molecule has 1 aliphatic rings. The molecule has 26 heavy (non-hydrogen) atoms. The molecular weight excluding hydrogens is 324 g/mol. The summed E-state index contributed by atoms with van der Waals surface area (Å²) in [5.74, 6) is 0.463. The lowest BCUT2D eigenvalue weighted by Gasteiger charge is -2.30. The lowest BCUT2D eigenvalue weighted by atomic mass is 10.2. The van der Waals surface area contributed by atoms with E-state index in [0.717, 1.165) is 17.9 Å². The molecule has 1 aromatic carbocycles. The lowest BCUT2D eigenvalue weighted by Crippen LogP contribution is -2.42. The fourth-order valence-corrected chi connectivity index (χ4v) is 3.41. The van der Waals surface area contributed by atoms with Gasteiger partial charge in [-0.2, -0.15) is 5.10 Å². The number of amides is 1. The van der Waals surface area contributed by atoms with Crippen molar-refractivity contribution in [2.24, 2.45) is 0 Å². The van der Waals surface area contributed by atoms with Crippen molar-refractivity contribution in [2.75, 3.05) is 13.1 Å². The molecule has 1 heterocycles. The number of nitrogens with zero attached hydrogens (tertiary/aromatic N) is 3. The third kappa shape index (κ3) is 4.33. The maximum Gasteiger partial charge on any atom is 0.270 e. The maximum absolute atomic E-state index is 12.8. The summed E-state index contributed by atoms with van der Waals surface area (Å²) in [5, 5.41) is 7.79. The minimum atomic E-state index is -0.0549. The second kappa shape index (κ2) is 8.04. The monoisotopic (exact) mass is 354 g/mol. The largest absolute Gasteiger partial charge is 0.349 e. The standard InChI is InChI=1S/C21H30N4O/c1-15(2)24(16(3)4)13-12-22-21(26)20-14-19(17-10-11-17)23-25(20)18-8-6-5-7-9-18/h5-9,14-17H,10-13H2,1-4H3,(H,22,26). The summed E-state index contributed by atoms with van der Waals surface area (Å²) >= 11 is 0. The highest BCUT2D eigenvalue weighted by molar-refractivity contribution is 5.93. The van der Waals surface area contributed by atoms with Crippen molar-refractivity contribution in [3.05, 3.63) is 47.8 Å². The van der Waals surface area contributed by atoms with Gasteiger partial charge >= 0.3 is 0 Å². The third-order valence-corrected chi connectivity index (χ3v) is 4.94. The van der Waals surface area contributed by atoms with E-state index in [9.17, 15) is 4.79 Å². The van der Waals surface area contributed by atoms with E-state index in [4.69, 9.17) is 5.10 Å². The first-order valence-electron chi connectivity index (χ1n) is 9.66. The Labute approximate surface area is 156 Å². The highest BCUT2D eigenvalue weighted by atomic mass is 16.2. The zero-order valence-electron chi connectivity index (χ0n) is 16.3. The van der Waals surface area contributed by atoms with E-state index in [1.54, 1.807) is 4.68 Å². The molecule has 1 saturated carbocycles. The van der Waals surface area contributed by atoms with Crippen LogP contribution in [0.4, 0.5) is 0 Å². The van der Waals surface area contributed by atoms with Crippen LogP contribution in [0.15, 0.2) is 36.4 Å². The number of carbonyl (C=O) groups is 1. The fraction of sp³-hybridized carbons (Fsp3) is 0.524. The Morgan fingerprint density at radius 3 is 2.42 bits per heavy atom. The molecular formula is C21H30N4O. The van der Waals surface area contributed by atoms with Gasteiger partial charge in [-0.1, -0.05) is 18.2 Å². The fourth-order valence-electron chi connectivity index (χ4n) is 3.41. The van der Waals surface area contributed by atoms with Gasteiger partial charge < -0.3 is 5.32 Å². The van der Waals surface area contributed by atoms with Gasteiger partial charge in [-0.05, 0) is 58.7 Å². The van der Waals surface area contributed by atoms with Crippen molar-refractivity contribution in [3.8, 4) is 5.69 Å². The van der Waals surface area contributed by atoms with Crippen molar-refractivity contribution in [1.29, 1.82) is 0 Å². The summed E-state index contributed by atoms with van der Waals surface area (Å²) in [6, 6.07) is 12.8. The molecule has 2 aromatic rings. The van der Waals surface area contributed by atoms with E-state index >= 15 is 0 Å². The number of nitrogens with one attached hydrogen (secondary N) is 1. The molecule has 0 spiro atoms. The number of rotatable bonds is 8. The second-order valence-electron chi connectivity index (χ2n) is 7.66. The summed E-state index contributed by atoms with van der Waals surface area (Å²) in [6.07, 6.45) is 2.34. The molecule has 5 nitrogen and oxygen atoms in total. The number of benzene rings is 1. The van der Waals surface area contributed by atoms with Crippen molar-refractivity contribution in [1.82, 2.24) is 20.0 Å². The lowest BCUT2D eigenvalue weighted by molar-refractivity contribution is 0.0931.